The first-order valence-corrected chi connectivity index (χ1v) is 6.18. The Labute approximate surface area is 108 Å². The maximum absolute atomic E-state index is 13.4. The summed E-state index contributed by atoms with van der Waals surface area (Å²) in [5.41, 5.74) is 3.20. The number of pyridine rings is 1. The smallest absolute Gasteiger partial charge is 0.123 e. The molecule has 0 atom stereocenters. The predicted molar refractivity (Wildman–Crippen MR) is 75.8 cm³/mol. The maximum atomic E-state index is 13.4. The van der Waals surface area contributed by atoms with Crippen LogP contribution in [0.1, 0.15) is 5.56 Å². The van der Waals surface area contributed by atoms with Crippen molar-refractivity contribution in [2.24, 2.45) is 0 Å². The number of aryl methyl sites for hydroxylation is 1. The molecule has 0 bridgehead atoms. The van der Waals surface area contributed by atoms with Crippen molar-refractivity contribution in [1.29, 1.82) is 0 Å². The lowest BCUT2D eigenvalue weighted by molar-refractivity contribution is 0.630. The minimum absolute atomic E-state index is 0.211. The van der Waals surface area contributed by atoms with Crippen LogP contribution in [0.4, 0.5) is 4.39 Å². The van der Waals surface area contributed by atoms with Crippen molar-refractivity contribution in [1.82, 2.24) is 9.97 Å². The molecule has 0 saturated heterocycles. The van der Waals surface area contributed by atoms with E-state index in [1.54, 1.807) is 18.3 Å². The standard InChI is InChI=1S/C16H11FN2/c1-9-12-4-5-18-8-10(12)6-14-13-7-11(17)2-3-15(13)19-16(9)14/h2-8,19H,1H3. The average Bonchev–Trinajstić information content (AvgIpc) is 2.78. The number of halogens is 1. The zero-order chi connectivity index (χ0) is 13.0. The van der Waals surface area contributed by atoms with Crippen LogP contribution in [0.25, 0.3) is 32.6 Å². The molecule has 19 heavy (non-hydrogen) atoms. The van der Waals surface area contributed by atoms with E-state index < -0.39 is 0 Å². The molecule has 0 aliphatic carbocycles. The van der Waals surface area contributed by atoms with Crippen LogP contribution in [0, 0.1) is 12.7 Å². The van der Waals surface area contributed by atoms with Gasteiger partial charge in [-0.25, -0.2) is 4.39 Å². The number of H-pyrrole nitrogens is 1. The van der Waals surface area contributed by atoms with E-state index in [0.29, 0.717) is 0 Å². The van der Waals surface area contributed by atoms with Crippen LogP contribution in [0.5, 0.6) is 0 Å². The van der Waals surface area contributed by atoms with Gasteiger partial charge in [0.15, 0.2) is 0 Å². The van der Waals surface area contributed by atoms with E-state index >= 15 is 0 Å². The molecule has 2 nitrogen and oxygen atoms in total. The zero-order valence-corrected chi connectivity index (χ0v) is 10.4. The summed E-state index contributed by atoms with van der Waals surface area (Å²) >= 11 is 0. The van der Waals surface area contributed by atoms with Gasteiger partial charge in [-0.1, -0.05) is 0 Å². The Bertz CT molecular complexity index is 938. The molecule has 0 saturated carbocycles. The van der Waals surface area contributed by atoms with E-state index in [1.165, 1.54) is 17.0 Å². The van der Waals surface area contributed by atoms with Crippen LogP contribution in [0.3, 0.4) is 0 Å². The number of aromatic nitrogens is 2. The molecule has 4 rings (SSSR count). The van der Waals surface area contributed by atoms with E-state index in [9.17, 15) is 4.39 Å². The third-order valence-corrected chi connectivity index (χ3v) is 3.73. The summed E-state index contributed by atoms with van der Waals surface area (Å²) in [4.78, 5) is 7.54. The lowest BCUT2D eigenvalue weighted by atomic mass is 10.0. The highest BCUT2D eigenvalue weighted by molar-refractivity contribution is 6.13. The first kappa shape index (κ1) is 10.5. The Morgan fingerprint density at radius 2 is 1.95 bits per heavy atom. The number of hydrogen-bond donors (Lipinski definition) is 1. The number of nitrogens with zero attached hydrogens (tertiary/aromatic N) is 1. The van der Waals surface area contributed by atoms with Crippen LogP contribution in [-0.2, 0) is 0 Å². The molecule has 0 amide bonds. The zero-order valence-electron chi connectivity index (χ0n) is 10.4. The normalized spacial score (nSPS) is 11.7. The van der Waals surface area contributed by atoms with Gasteiger partial charge in [-0.2, -0.15) is 0 Å². The Balaban J connectivity index is 2.30. The van der Waals surface area contributed by atoms with Gasteiger partial charge in [0.2, 0.25) is 0 Å². The van der Waals surface area contributed by atoms with Crippen LogP contribution < -0.4 is 0 Å². The fourth-order valence-corrected chi connectivity index (χ4v) is 2.78. The number of aromatic amines is 1. The van der Waals surface area contributed by atoms with E-state index in [0.717, 1.165) is 27.2 Å². The van der Waals surface area contributed by atoms with Crippen LogP contribution >= 0.6 is 0 Å². The molecule has 2 heterocycles. The first-order valence-electron chi connectivity index (χ1n) is 6.18. The Kier molecular flexibility index (Phi) is 1.96. The summed E-state index contributed by atoms with van der Waals surface area (Å²) in [5.74, 6) is -0.211. The average molecular weight is 250 g/mol. The van der Waals surface area contributed by atoms with Crippen molar-refractivity contribution in [3.63, 3.8) is 0 Å². The molecule has 4 aromatic rings. The van der Waals surface area contributed by atoms with Gasteiger partial charge in [0.1, 0.15) is 5.82 Å². The van der Waals surface area contributed by atoms with Gasteiger partial charge in [-0.05, 0) is 48.2 Å². The lowest BCUT2D eigenvalue weighted by Gasteiger charge is -2.03. The molecular formula is C16H11FN2. The molecule has 0 fully saturated rings. The van der Waals surface area contributed by atoms with Gasteiger partial charge in [0.25, 0.3) is 0 Å². The van der Waals surface area contributed by atoms with Crippen molar-refractivity contribution in [3.05, 3.63) is 54.1 Å². The quantitative estimate of drug-likeness (QED) is 0.494. The number of fused-ring (bicyclic) bond motifs is 4. The third-order valence-electron chi connectivity index (χ3n) is 3.73. The third kappa shape index (κ3) is 1.38. The highest BCUT2D eigenvalue weighted by Crippen LogP contribution is 2.32. The molecule has 0 unspecified atom stereocenters. The van der Waals surface area contributed by atoms with Crippen molar-refractivity contribution in [3.8, 4) is 0 Å². The first-order chi connectivity index (χ1) is 9.24. The molecular weight excluding hydrogens is 239 g/mol. The number of rotatable bonds is 0. The van der Waals surface area contributed by atoms with Crippen LogP contribution in [0.2, 0.25) is 0 Å². The minimum atomic E-state index is -0.211. The second-order valence-electron chi connectivity index (χ2n) is 4.84. The molecule has 0 spiro atoms. The maximum Gasteiger partial charge on any atom is 0.123 e. The largest absolute Gasteiger partial charge is 0.354 e. The highest BCUT2D eigenvalue weighted by Gasteiger charge is 2.10. The molecule has 2 aromatic carbocycles. The summed E-state index contributed by atoms with van der Waals surface area (Å²) < 4.78 is 13.4. The summed E-state index contributed by atoms with van der Waals surface area (Å²) in [6, 6.07) is 8.93. The summed E-state index contributed by atoms with van der Waals surface area (Å²) in [7, 11) is 0. The van der Waals surface area contributed by atoms with Crippen LogP contribution in [0.15, 0.2) is 42.7 Å². The number of hydrogen-bond acceptors (Lipinski definition) is 1. The second kappa shape index (κ2) is 3.54. The predicted octanol–water partition coefficient (Wildman–Crippen LogP) is 4.32. The Morgan fingerprint density at radius 3 is 2.84 bits per heavy atom. The van der Waals surface area contributed by atoms with Crippen LogP contribution in [-0.4, -0.2) is 9.97 Å². The van der Waals surface area contributed by atoms with Gasteiger partial charge >= 0.3 is 0 Å². The van der Waals surface area contributed by atoms with Crippen molar-refractivity contribution < 1.29 is 4.39 Å². The van der Waals surface area contributed by atoms with E-state index in [-0.39, 0.29) is 5.82 Å². The van der Waals surface area contributed by atoms with Gasteiger partial charge in [-0.3, -0.25) is 4.98 Å². The monoisotopic (exact) mass is 250 g/mol. The Hall–Kier alpha value is -2.42. The SMILES string of the molecule is Cc1c2ccncc2cc2c1[nH]c1ccc(F)cc12. The molecule has 0 radical (unpaired) electrons. The van der Waals surface area contributed by atoms with Gasteiger partial charge in [-0.15, -0.1) is 0 Å². The van der Waals surface area contributed by atoms with E-state index in [1.807, 2.05) is 12.3 Å². The molecule has 0 aliphatic heterocycles. The van der Waals surface area contributed by atoms with E-state index in [4.69, 9.17) is 0 Å². The van der Waals surface area contributed by atoms with Crippen molar-refractivity contribution >= 4 is 32.6 Å². The molecule has 0 aliphatic rings. The fourth-order valence-electron chi connectivity index (χ4n) is 2.78. The Morgan fingerprint density at radius 1 is 1.05 bits per heavy atom. The van der Waals surface area contributed by atoms with Crippen molar-refractivity contribution in [2.45, 2.75) is 6.92 Å². The molecule has 1 N–H and O–H groups in total. The summed E-state index contributed by atoms with van der Waals surface area (Å²) in [5, 5.41) is 4.23. The topological polar surface area (TPSA) is 28.7 Å². The van der Waals surface area contributed by atoms with Crippen molar-refractivity contribution in [2.75, 3.05) is 0 Å². The molecule has 92 valence electrons. The fraction of sp³-hybridized carbons (Fsp3) is 0.0625. The lowest BCUT2D eigenvalue weighted by Crippen LogP contribution is -1.82. The summed E-state index contributed by atoms with van der Waals surface area (Å²) in [6.07, 6.45) is 3.64. The van der Waals surface area contributed by atoms with E-state index in [2.05, 4.69) is 23.0 Å². The number of benzene rings is 2. The minimum Gasteiger partial charge on any atom is -0.354 e. The summed E-state index contributed by atoms with van der Waals surface area (Å²) in [6.45, 7) is 2.08. The second-order valence-corrected chi connectivity index (χ2v) is 4.84. The van der Waals surface area contributed by atoms with Gasteiger partial charge in [0, 0.05) is 34.1 Å². The molecule has 2 aromatic heterocycles. The molecule has 3 heteroatoms. The van der Waals surface area contributed by atoms with Gasteiger partial charge < -0.3 is 4.98 Å². The van der Waals surface area contributed by atoms with Gasteiger partial charge in [0.05, 0.1) is 5.52 Å². The number of nitrogens with one attached hydrogen (secondary N) is 1. The highest BCUT2D eigenvalue weighted by atomic mass is 19.1.